The quantitative estimate of drug-likeness (QED) is 0.0318. The van der Waals surface area contributed by atoms with E-state index >= 15 is 0 Å². The van der Waals surface area contributed by atoms with Gasteiger partial charge in [0, 0.05) is 0 Å². The summed E-state index contributed by atoms with van der Waals surface area (Å²) in [6.07, 6.45) is 20.5. The van der Waals surface area contributed by atoms with Crippen molar-refractivity contribution in [1.82, 2.24) is 0 Å². The van der Waals surface area contributed by atoms with Crippen LogP contribution in [-0.4, -0.2) is 53.5 Å². The topological polar surface area (TPSA) is 78.9 Å². The number of hydrogen-bond acceptors (Lipinski definition) is 9. The number of hydrogen-bond donors (Lipinski definition) is 0. The molecule has 43 heavy (non-hydrogen) atoms. The SMILES string of the molecule is CCCCCCCCOC(=O)C(C)SP(SC(C)C(=O)OCCCCCCCC)SC(C)C(=O)OCCCCCCCC. The fourth-order valence-corrected chi connectivity index (χ4v) is 17.4. The first-order valence-electron chi connectivity index (χ1n) is 17.1. The van der Waals surface area contributed by atoms with Gasteiger partial charge in [-0.2, -0.15) is 0 Å². The van der Waals surface area contributed by atoms with Gasteiger partial charge >= 0.3 is 17.9 Å². The lowest BCUT2D eigenvalue weighted by atomic mass is 10.1. The van der Waals surface area contributed by atoms with Crippen molar-refractivity contribution >= 4 is 57.6 Å². The first kappa shape index (κ1) is 42.9. The molecule has 0 aromatic rings. The third-order valence-corrected chi connectivity index (χ3v) is 18.0. The zero-order valence-corrected chi connectivity index (χ0v) is 31.5. The summed E-state index contributed by atoms with van der Waals surface area (Å²) in [7, 11) is 0. The Hall–Kier alpha value is -0.110. The Morgan fingerprint density at radius 1 is 0.442 bits per heavy atom. The Balaban J connectivity index is 4.84. The Kier molecular flexibility index (Phi) is 30.5. The van der Waals surface area contributed by atoms with Crippen LogP contribution >= 0.6 is 39.7 Å². The van der Waals surface area contributed by atoms with Crippen LogP contribution in [0, 0.1) is 0 Å². The number of carbonyl (C=O) groups excluding carboxylic acids is 3. The minimum absolute atomic E-state index is 0.233. The van der Waals surface area contributed by atoms with E-state index in [4.69, 9.17) is 14.2 Å². The van der Waals surface area contributed by atoms with Crippen LogP contribution in [0.2, 0.25) is 0 Å². The minimum Gasteiger partial charge on any atom is -0.465 e. The molecule has 0 saturated carbocycles. The van der Waals surface area contributed by atoms with Crippen molar-refractivity contribution in [2.75, 3.05) is 19.8 Å². The summed E-state index contributed by atoms with van der Waals surface area (Å²) in [5.74, 6) is -0.698. The average Bonchev–Trinajstić information content (AvgIpc) is 2.99. The van der Waals surface area contributed by atoms with Crippen LogP contribution in [0.5, 0.6) is 0 Å². The van der Waals surface area contributed by atoms with Crippen molar-refractivity contribution in [3.63, 3.8) is 0 Å². The molecule has 6 nitrogen and oxygen atoms in total. The normalized spacial score (nSPS) is 14.1. The van der Waals surface area contributed by atoms with E-state index in [1.807, 2.05) is 20.8 Å². The van der Waals surface area contributed by atoms with Gasteiger partial charge in [0.25, 0.3) is 0 Å². The van der Waals surface area contributed by atoms with Crippen molar-refractivity contribution in [3.05, 3.63) is 0 Å². The average molecular weight is 683 g/mol. The van der Waals surface area contributed by atoms with E-state index < -0.39 is 5.53 Å². The molecule has 0 N–H and O–H groups in total. The second kappa shape index (κ2) is 30.5. The van der Waals surface area contributed by atoms with Gasteiger partial charge in [0.05, 0.1) is 25.3 Å². The highest BCUT2D eigenvalue weighted by Crippen LogP contribution is 2.73. The Morgan fingerprint density at radius 2 is 0.674 bits per heavy atom. The van der Waals surface area contributed by atoms with Gasteiger partial charge in [-0.3, -0.25) is 14.4 Å². The van der Waals surface area contributed by atoms with Crippen LogP contribution < -0.4 is 0 Å². The van der Waals surface area contributed by atoms with E-state index in [9.17, 15) is 14.4 Å². The number of ether oxygens (including phenoxy) is 3. The van der Waals surface area contributed by atoms with Crippen molar-refractivity contribution in [1.29, 1.82) is 0 Å². The number of carbonyl (C=O) groups is 3. The number of unbranched alkanes of at least 4 members (excludes halogenated alkanes) is 15. The van der Waals surface area contributed by atoms with Crippen molar-refractivity contribution in [2.24, 2.45) is 0 Å². The molecule has 0 spiro atoms. The molecule has 0 aliphatic carbocycles. The number of esters is 3. The fraction of sp³-hybridized carbons (Fsp3) is 0.909. The highest BCUT2D eigenvalue weighted by atomic mass is 33.4. The molecule has 0 saturated heterocycles. The van der Waals surface area contributed by atoms with Gasteiger partial charge in [-0.05, 0) is 40.0 Å². The highest BCUT2D eigenvalue weighted by Gasteiger charge is 2.30. The third-order valence-electron chi connectivity index (χ3n) is 6.95. The molecular weight excluding hydrogens is 620 g/mol. The molecule has 10 heteroatoms. The molecular formula is C33H63O6PS3. The first-order chi connectivity index (χ1) is 20.8. The van der Waals surface area contributed by atoms with Crippen LogP contribution in [0.3, 0.4) is 0 Å². The summed E-state index contributed by atoms with van der Waals surface area (Å²) >= 11 is 4.50. The Labute approximate surface area is 277 Å². The van der Waals surface area contributed by atoms with Crippen molar-refractivity contribution < 1.29 is 28.6 Å². The molecule has 0 rings (SSSR count). The molecule has 0 radical (unpaired) electrons. The van der Waals surface area contributed by atoms with Crippen LogP contribution in [0.15, 0.2) is 0 Å². The predicted molar refractivity (Wildman–Crippen MR) is 191 cm³/mol. The van der Waals surface area contributed by atoms with E-state index in [0.29, 0.717) is 19.8 Å². The molecule has 3 atom stereocenters. The zero-order valence-electron chi connectivity index (χ0n) is 28.2. The Bertz CT molecular complexity index is 609. The standard InChI is InChI=1S/C33H63O6PS3/c1-7-10-13-16-19-22-25-37-31(34)28(4)41-40(42-29(5)32(35)38-26-23-20-17-14-11-8-2)43-30(6)33(36)39-27-24-21-18-15-12-9-3/h28-30H,7-27H2,1-6H3. The molecule has 0 bridgehead atoms. The van der Waals surface area contributed by atoms with E-state index in [0.717, 1.165) is 38.5 Å². The Morgan fingerprint density at radius 3 is 0.930 bits per heavy atom. The van der Waals surface area contributed by atoms with E-state index in [2.05, 4.69) is 20.8 Å². The van der Waals surface area contributed by atoms with E-state index in [1.165, 1.54) is 111 Å². The van der Waals surface area contributed by atoms with Gasteiger partial charge in [0.15, 0.2) is 0 Å². The summed E-state index contributed by atoms with van der Waals surface area (Å²) in [5, 5.41) is -1.16. The lowest BCUT2D eigenvalue weighted by molar-refractivity contribution is -0.143. The molecule has 0 aliphatic rings. The van der Waals surface area contributed by atoms with Crippen LogP contribution in [0.1, 0.15) is 157 Å². The van der Waals surface area contributed by atoms with E-state index in [-0.39, 0.29) is 33.7 Å². The van der Waals surface area contributed by atoms with Gasteiger partial charge in [-0.1, -0.05) is 151 Å². The van der Waals surface area contributed by atoms with Crippen molar-refractivity contribution in [2.45, 2.75) is 173 Å². The van der Waals surface area contributed by atoms with Crippen LogP contribution in [-0.2, 0) is 28.6 Å². The third kappa shape index (κ3) is 25.7. The molecule has 0 aromatic carbocycles. The molecule has 0 fully saturated rings. The van der Waals surface area contributed by atoms with Gasteiger partial charge in [-0.25, -0.2) is 0 Å². The maximum atomic E-state index is 12.8. The summed E-state index contributed by atoms with van der Waals surface area (Å²) < 4.78 is 16.7. The maximum absolute atomic E-state index is 12.8. The van der Waals surface area contributed by atoms with Gasteiger partial charge < -0.3 is 14.2 Å². The highest BCUT2D eigenvalue weighted by molar-refractivity contribution is 9.12. The summed E-state index contributed by atoms with van der Waals surface area (Å²) in [6, 6.07) is 0. The van der Waals surface area contributed by atoms with Crippen LogP contribution in [0.25, 0.3) is 0 Å². The van der Waals surface area contributed by atoms with Crippen molar-refractivity contribution in [3.8, 4) is 0 Å². The molecule has 0 aliphatic heterocycles. The molecule has 0 heterocycles. The van der Waals surface area contributed by atoms with E-state index in [1.54, 1.807) is 0 Å². The summed E-state index contributed by atoms with van der Waals surface area (Å²) in [4.78, 5) is 38.3. The second-order valence-corrected chi connectivity index (χ2v) is 21.7. The second-order valence-electron chi connectivity index (χ2n) is 11.3. The molecule has 0 amide bonds. The summed E-state index contributed by atoms with van der Waals surface area (Å²) in [6.45, 7) is 13.5. The lowest BCUT2D eigenvalue weighted by Gasteiger charge is -2.23. The minimum atomic E-state index is -1.01. The molecule has 0 aromatic heterocycles. The summed E-state index contributed by atoms with van der Waals surface area (Å²) in [5.41, 5.74) is -1.01. The van der Waals surface area contributed by atoms with Crippen LogP contribution in [0.4, 0.5) is 0 Å². The monoisotopic (exact) mass is 682 g/mol. The maximum Gasteiger partial charge on any atom is 0.319 e. The largest absolute Gasteiger partial charge is 0.465 e. The van der Waals surface area contributed by atoms with Gasteiger partial charge in [-0.15, -0.1) is 0 Å². The fourth-order valence-electron chi connectivity index (χ4n) is 4.11. The first-order valence-corrected chi connectivity index (χ1v) is 22.9. The van der Waals surface area contributed by atoms with Gasteiger partial charge in [0.2, 0.25) is 0 Å². The molecule has 254 valence electrons. The predicted octanol–water partition coefficient (Wildman–Crippen LogP) is 11.3. The molecule has 3 unspecified atom stereocenters. The number of rotatable bonds is 30. The lowest BCUT2D eigenvalue weighted by Crippen LogP contribution is -2.20. The zero-order chi connectivity index (χ0) is 32.1. The smallest absolute Gasteiger partial charge is 0.319 e. The van der Waals surface area contributed by atoms with Gasteiger partial charge in [0.1, 0.15) is 15.7 Å².